The minimum atomic E-state index is -4.16. The van der Waals surface area contributed by atoms with E-state index < -0.39 is 78.5 Å². The molecule has 0 radical (unpaired) electrons. The van der Waals surface area contributed by atoms with Gasteiger partial charge in [-0.1, -0.05) is 77.5 Å². The molecular weight excluding hydrogens is 782 g/mol. The molecule has 0 aromatic heterocycles. The van der Waals surface area contributed by atoms with Gasteiger partial charge in [0.05, 0.1) is 25.3 Å². The Morgan fingerprint density at radius 2 is 1.56 bits per heavy atom. The molecule has 1 aromatic carbocycles. The lowest BCUT2D eigenvalue weighted by Crippen LogP contribution is -2.61. The lowest BCUT2D eigenvalue weighted by Gasteiger charge is -2.36. The minimum absolute atomic E-state index is 0.00555. The van der Waals surface area contributed by atoms with Crippen LogP contribution < -0.4 is 21.0 Å². The highest BCUT2D eigenvalue weighted by Crippen LogP contribution is 2.53. The van der Waals surface area contributed by atoms with Crippen LogP contribution in [0.5, 0.6) is 0 Å². The van der Waals surface area contributed by atoms with Crippen molar-refractivity contribution in [2.75, 3.05) is 6.54 Å². The third kappa shape index (κ3) is 9.81. The molecule has 6 amide bonds. The maximum absolute atomic E-state index is 14.7. The summed E-state index contributed by atoms with van der Waals surface area (Å²) in [6.07, 6.45) is 9.31. The molecule has 1 aromatic rings. The Balaban J connectivity index is 1.10. The van der Waals surface area contributed by atoms with Gasteiger partial charge in [0, 0.05) is 30.5 Å². The molecule has 6 aliphatic rings. The Hall–Kier alpha value is -4.01. The van der Waals surface area contributed by atoms with E-state index in [1.54, 1.807) is 39.0 Å². The quantitative estimate of drug-likeness (QED) is 0.135. The fraction of sp³-hybridized carbons (Fsp3) is 0.690. The Bertz CT molecular complexity index is 1820. The van der Waals surface area contributed by atoms with E-state index in [-0.39, 0.29) is 50.7 Å². The predicted molar refractivity (Wildman–Crippen MR) is 215 cm³/mol. The van der Waals surface area contributed by atoms with Crippen LogP contribution in [0.2, 0.25) is 0 Å². The topological polar surface area (TPSA) is 185 Å². The smallest absolute Gasteiger partial charge is 0.435 e. The fourth-order valence-corrected chi connectivity index (χ4v) is 11.2. The average molecular weight is 843 g/mol. The van der Waals surface area contributed by atoms with Crippen LogP contribution in [0.1, 0.15) is 122 Å². The highest BCUT2D eigenvalue weighted by molar-refractivity contribution is 7.52. The van der Waals surface area contributed by atoms with Gasteiger partial charge < -0.3 is 25.6 Å². The third-order valence-corrected chi connectivity index (χ3v) is 14.5. The molecule has 15 nitrogen and oxygen atoms in total. The van der Waals surface area contributed by atoms with E-state index in [0.29, 0.717) is 36.8 Å². The Morgan fingerprint density at radius 1 is 0.932 bits per heavy atom. The molecule has 4 saturated carbocycles. The lowest BCUT2D eigenvalue weighted by atomic mass is 9.85. The molecular formula is C42H60FN6O9P. The Morgan fingerprint density at radius 3 is 2.14 bits per heavy atom. The molecule has 2 aliphatic heterocycles. The first-order chi connectivity index (χ1) is 28.1. The largest absolute Gasteiger partial charge is 0.444 e. The number of hydrogen-bond acceptors (Lipinski definition) is 9. The van der Waals surface area contributed by atoms with E-state index in [1.165, 1.54) is 15.9 Å². The number of ether oxygens (including phenoxy) is 1. The number of hydrogen-bond donors (Lipinski definition) is 4. The van der Waals surface area contributed by atoms with E-state index in [2.05, 4.69) is 27.6 Å². The van der Waals surface area contributed by atoms with Crippen molar-refractivity contribution in [2.24, 2.45) is 11.3 Å². The molecule has 2 heterocycles. The highest BCUT2D eigenvalue weighted by atomic mass is 31.2. The second kappa shape index (κ2) is 17.5. The van der Waals surface area contributed by atoms with Crippen molar-refractivity contribution >= 4 is 37.6 Å². The lowest BCUT2D eigenvalue weighted by molar-refractivity contribution is -0.142. The van der Waals surface area contributed by atoms with Gasteiger partial charge >= 0.3 is 19.9 Å². The van der Waals surface area contributed by atoms with Gasteiger partial charge in [-0.15, -0.1) is 6.58 Å². The number of rotatable bonds is 13. The average Bonchev–Trinajstić information content (AvgIpc) is 3.92. The van der Waals surface area contributed by atoms with E-state index in [9.17, 15) is 32.9 Å². The summed E-state index contributed by atoms with van der Waals surface area (Å²) < 4.78 is 46.8. The van der Waals surface area contributed by atoms with Crippen LogP contribution in [-0.4, -0.2) is 88.2 Å². The maximum atomic E-state index is 14.7. The van der Waals surface area contributed by atoms with E-state index in [4.69, 9.17) is 13.8 Å². The standard InChI is InChI=1S/C42H60FN6O9P/c1-5-27-22-42(27,38(52)47-59(55,57-29-16-8-9-17-29)58-30-18-10-11-19-30)46-36(50)34-21-31(56-40(54)48-23-26-13-12-20-33(43)32(26)25-48)24-49(34)37(51)35(41(2,3)4)45-39(53)44-28-14-6-7-15-28/h5,12-13,20,27-31,34-35H,1,6-11,14-19,21-25H2,2-4H3,(H,46,50)(H2,44,45,53)(H,47,52,55)/t27?,31?,34-,35+,42+/m0/s1. The number of carbonyl (C=O) groups is 5. The number of benzene rings is 1. The number of nitrogens with zero attached hydrogens (tertiary/aromatic N) is 2. The van der Waals surface area contributed by atoms with Gasteiger partial charge in [-0.2, -0.15) is 0 Å². The normalized spacial score (nSPS) is 26.7. The Labute approximate surface area is 345 Å². The third-order valence-electron chi connectivity index (χ3n) is 12.8. The molecule has 324 valence electrons. The first kappa shape index (κ1) is 43.1. The van der Waals surface area contributed by atoms with Crippen molar-refractivity contribution < 1.29 is 46.7 Å². The first-order valence-electron chi connectivity index (χ1n) is 21.4. The van der Waals surface area contributed by atoms with Crippen molar-refractivity contribution in [2.45, 2.75) is 166 Å². The van der Waals surface area contributed by atoms with Crippen LogP contribution in [0.25, 0.3) is 0 Å². The van der Waals surface area contributed by atoms with Crippen LogP contribution in [0.4, 0.5) is 14.0 Å². The van der Waals surface area contributed by atoms with Crippen LogP contribution in [-0.2, 0) is 45.8 Å². The minimum Gasteiger partial charge on any atom is -0.444 e. The first-order valence-corrected chi connectivity index (χ1v) is 22.9. The summed E-state index contributed by atoms with van der Waals surface area (Å²) in [6.45, 7) is 9.23. The fourth-order valence-electron chi connectivity index (χ4n) is 9.36. The molecule has 59 heavy (non-hydrogen) atoms. The number of fused-ring (bicyclic) bond motifs is 1. The van der Waals surface area contributed by atoms with Gasteiger partial charge in [0.2, 0.25) is 11.8 Å². The van der Waals surface area contributed by atoms with Crippen molar-refractivity contribution in [1.82, 2.24) is 30.8 Å². The van der Waals surface area contributed by atoms with E-state index >= 15 is 0 Å². The summed E-state index contributed by atoms with van der Waals surface area (Å²) in [5.74, 6) is -2.96. The number of carbonyl (C=O) groups excluding carboxylic acids is 5. The summed E-state index contributed by atoms with van der Waals surface area (Å²) >= 11 is 0. The molecule has 5 fully saturated rings. The zero-order chi connectivity index (χ0) is 42.1. The summed E-state index contributed by atoms with van der Waals surface area (Å²) in [4.78, 5) is 72.9. The predicted octanol–water partition coefficient (Wildman–Crippen LogP) is 6.11. The van der Waals surface area contributed by atoms with Gasteiger partial charge in [-0.25, -0.2) is 18.5 Å². The van der Waals surface area contributed by atoms with E-state index in [0.717, 1.165) is 51.4 Å². The second-order valence-electron chi connectivity index (χ2n) is 18.3. The van der Waals surface area contributed by atoms with Crippen LogP contribution in [0, 0.1) is 17.2 Å². The second-order valence-corrected chi connectivity index (χ2v) is 20.0. The van der Waals surface area contributed by atoms with Crippen LogP contribution >= 0.6 is 7.75 Å². The molecule has 4 N–H and O–H groups in total. The zero-order valence-electron chi connectivity index (χ0n) is 34.5. The summed E-state index contributed by atoms with van der Waals surface area (Å²) in [6, 6.07) is 1.82. The van der Waals surface area contributed by atoms with Crippen molar-refractivity contribution in [3.63, 3.8) is 0 Å². The van der Waals surface area contributed by atoms with Crippen molar-refractivity contribution in [3.05, 3.63) is 47.8 Å². The number of urea groups is 1. The molecule has 0 bridgehead atoms. The number of likely N-dealkylation sites (tertiary alicyclic amines) is 1. The summed E-state index contributed by atoms with van der Waals surface area (Å²) in [5, 5.41) is 11.3. The number of amides is 6. The monoisotopic (exact) mass is 842 g/mol. The van der Waals surface area contributed by atoms with Crippen molar-refractivity contribution in [3.8, 4) is 0 Å². The molecule has 4 aliphatic carbocycles. The molecule has 7 rings (SSSR count). The highest BCUT2D eigenvalue weighted by Gasteiger charge is 2.62. The number of nitrogens with one attached hydrogen (secondary N) is 4. The van der Waals surface area contributed by atoms with Crippen molar-refractivity contribution in [1.29, 1.82) is 0 Å². The summed E-state index contributed by atoms with van der Waals surface area (Å²) in [5.41, 5.74) is -1.31. The van der Waals surface area contributed by atoms with Crippen LogP contribution in [0.3, 0.4) is 0 Å². The van der Waals surface area contributed by atoms with E-state index in [1.807, 2.05) is 0 Å². The molecule has 5 atom stereocenters. The SMILES string of the molecule is C=CC1C[C@]1(NC(=O)[C@@H]1CC(OC(=O)N2Cc3cccc(F)c3C2)CN1C(=O)[C@@H](NC(=O)NC1CCCC1)C(C)(C)C)C(=O)NP(=O)(OC1CCCC1)OC1CCCC1. The molecule has 2 unspecified atom stereocenters. The van der Waals surface area contributed by atoms with Gasteiger partial charge in [-0.05, 0) is 62.0 Å². The van der Waals surface area contributed by atoms with Gasteiger partial charge in [-0.3, -0.25) is 33.4 Å². The molecule has 17 heteroatoms. The zero-order valence-corrected chi connectivity index (χ0v) is 35.4. The van der Waals surface area contributed by atoms with Gasteiger partial charge in [0.1, 0.15) is 29.5 Å². The van der Waals surface area contributed by atoms with Crippen LogP contribution in [0.15, 0.2) is 30.9 Å². The maximum Gasteiger partial charge on any atom is 0.435 e. The number of halogens is 1. The Kier molecular flexibility index (Phi) is 12.8. The molecule has 1 saturated heterocycles. The van der Waals surface area contributed by atoms with Gasteiger partial charge in [0.15, 0.2) is 0 Å². The molecule has 0 spiro atoms. The summed E-state index contributed by atoms with van der Waals surface area (Å²) in [7, 11) is -4.16. The van der Waals surface area contributed by atoms with Gasteiger partial charge in [0.25, 0.3) is 5.91 Å².